The van der Waals surface area contributed by atoms with E-state index in [-0.39, 0.29) is 12.5 Å². The molecule has 0 unspecified atom stereocenters. The van der Waals surface area contributed by atoms with E-state index in [1.54, 1.807) is 6.07 Å². The summed E-state index contributed by atoms with van der Waals surface area (Å²) in [6, 6.07) is 30.9. The summed E-state index contributed by atoms with van der Waals surface area (Å²) in [5.41, 5.74) is 4.22. The third-order valence-electron chi connectivity index (χ3n) is 5.41. The Morgan fingerprint density at radius 1 is 0.686 bits per heavy atom. The topological polar surface area (TPSA) is 56.8 Å². The van der Waals surface area contributed by atoms with Crippen LogP contribution < -0.4 is 19.5 Å². The minimum absolute atomic E-state index is 0.228. The van der Waals surface area contributed by atoms with Crippen molar-refractivity contribution in [1.82, 2.24) is 0 Å². The molecular weight excluding hydrogens is 438 g/mol. The second-order valence-electron chi connectivity index (χ2n) is 7.82. The van der Waals surface area contributed by atoms with E-state index in [0.717, 1.165) is 22.4 Å². The Labute approximate surface area is 206 Å². The molecule has 0 atom stereocenters. The van der Waals surface area contributed by atoms with Crippen LogP contribution in [0.15, 0.2) is 97.1 Å². The first-order chi connectivity index (χ1) is 17.2. The molecule has 4 rings (SSSR count). The van der Waals surface area contributed by atoms with E-state index in [2.05, 4.69) is 17.4 Å². The van der Waals surface area contributed by atoms with Gasteiger partial charge in [0, 0.05) is 11.1 Å². The van der Waals surface area contributed by atoms with Crippen LogP contribution in [0, 0.1) is 0 Å². The second-order valence-corrected chi connectivity index (χ2v) is 7.82. The third-order valence-corrected chi connectivity index (χ3v) is 5.41. The zero-order chi connectivity index (χ0) is 24.5. The fourth-order valence-electron chi connectivity index (χ4n) is 3.71. The highest BCUT2D eigenvalue weighted by Crippen LogP contribution is 2.27. The van der Waals surface area contributed by atoms with Gasteiger partial charge in [0.15, 0.2) is 0 Å². The summed E-state index contributed by atoms with van der Waals surface area (Å²) in [5, 5.41) is 2.94. The fraction of sp³-hybridized carbons (Fsp3) is 0.167. The molecule has 0 aliphatic heterocycles. The van der Waals surface area contributed by atoms with Crippen LogP contribution in [0.3, 0.4) is 0 Å². The Hall–Kier alpha value is -4.25. The summed E-state index contributed by atoms with van der Waals surface area (Å²) in [6.45, 7) is 5.15. The van der Waals surface area contributed by atoms with Crippen molar-refractivity contribution in [2.45, 2.75) is 20.5 Å². The molecule has 0 heterocycles. The van der Waals surface area contributed by atoms with Crippen molar-refractivity contribution in [3.63, 3.8) is 0 Å². The number of amides is 1. The molecule has 35 heavy (non-hydrogen) atoms. The van der Waals surface area contributed by atoms with E-state index in [1.165, 1.54) is 0 Å². The van der Waals surface area contributed by atoms with Gasteiger partial charge in [-0.25, -0.2) is 0 Å². The molecule has 0 saturated heterocycles. The molecule has 178 valence electrons. The first-order valence-electron chi connectivity index (χ1n) is 11.7. The van der Waals surface area contributed by atoms with E-state index in [0.29, 0.717) is 36.0 Å². The third kappa shape index (κ3) is 6.21. The fourth-order valence-corrected chi connectivity index (χ4v) is 3.71. The number of para-hydroxylation sites is 2. The monoisotopic (exact) mass is 467 g/mol. The number of ether oxygens (including phenoxy) is 3. The van der Waals surface area contributed by atoms with Crippen LogP contribution in [-0.2, 0) is 6.61 Å². The molecule has 0 aromatic heterocycles. The Morgan fingerprint density at radius 2 is 1.34 bits per heavy atom. The zero-order valence-electron chi connectivity index (χ0n) is 20.0. The SMILES string of the molecule is CCOc1ccc(C(=O)Nc2ccccc2OCC)cc1COc1ccc(-c2ccccc2)cc1. The van der Waals surface area contributed by atoms with E-state index < -0.39 is 0 Å². The van der Waals surface area contributed by atoms with E-state index in [1.807, 2.05) is 92.7 Å². The van der Waals surface area contributed by atoms with E-state index in [9.17, 15) is 4.79 Å². The largest absolute Gasteiger partial charge is 0.493 e. The Kier molecular flexibility index (Phi) is 8.02. The lowest BCUT2D eigenvalue weighted by atomic mass is 10.1. The molecule has 0 fully saturated rings. The highest BCUT2D eigenvalue weighted by atomic mass is 16.5. The van der Waals surface area contributed by atoms with Gasteiger partial charge in [0.2, 0.25) is 0 Å². The molecule has 0 radical (unpaired) electrons. The minimum Gasteiger partial charge on any atom is -0.493 e. The number of rotatable bonds is 10. The van der Waals surface area contributed by atoms with Crippen molar-refractivity contribution < 1.29 is 19.0 Å². The summed E-state index contributed by atoms with van der Waals surface area (Å²) < 4.78 is 17.4. The molecule has 0 saturated carbocycles. The van der Waals surface area contributed by atoms with Crippen LogP contribution in [-0.4, -0.2) is 19.1 Å². The molecule has 5 nitrogen and oxygen atoms in total. The molecule has 5 heteroatoms. The van der Waals surface area contributed by atoms with Crippen molar-refractivity contribution in [3.05, 3.63) is 108 Å². The maximum atomic E-state index is 13.0. The Bertz CT molecular complexity index is 1250. The molecule has 4 aromatic rings. The van der Waals surface area contributed by atoms with Gasteiger partial charge in [-0.3, -0.25) is 4.79 Å². The highest BCUT2D eigenvalue weighted by molar-refractivity contribution is 6.05. The number of hydrogen-bond acceptors (Lipinski definition) is 4. The lowest BCUT2D eigenvalue weighted by molar-refractivity contribution is 0.102. The number of benzene rings is 4. The molecule has 4 aromatic carbocycles. The van der Waals surface area contributed by atoms with Gasteiger partial charge < -0.3 is 19.5 Å². The van der Waals surface area contributed by atoms with E-state index >= 15 is 0 Å². The lowest BCUT2D eigenvalue weighted by Gasteiger charge is -2.15. The van der Waals surface area contributed by atoms with Crippen LogP contribution in [0.4, 0.5) is 5.69 Å². The molecule has 1 amide bonds. The van der Waals surface area contributed by atoms with Gasteiger partial charge in [-0.05, 0) is 67.4 Å². The van der Waals surface area contributed by atoms with Gasteiger partial charge in [0.1, 0.15) is 23.9 Å². The number of anilines is 1. The highest BCUT2D eigenvalue weighted by Gasteiger charge is 2.14. The van der Waals surface area contributed by atoms with Crippen molar-refractivity contribution in [1.29, 1.82) is 0 Å². The minimum atomic E-state index is -0.228. The van der Waals surface area contributed by atoms with Gasteiger partial charge in [0.05, 0.1) is 18.9 Å². The number of hydrogen-bond donors (Lipinski definition) is 1. The van der Waals surface area contributed by atoms with Crippen molar-refractivity contribution in [2.24, 2.45) is 0 Å². The van der Waals surface area contributed by atoms with Crippen LogP contribution >= 0.6 is 0 Å². The maximum Gasteiger partial charge on any atom is 0.255 e. The summed E-state index contributed by atoms with van der Waals surface area (Å²) in [5.74, 6) is 1.85. The summed E-state index contributed by atoms with van der Waals surface area (Å²) in [4.78, 5) is 13.0. The number of nitrogens with one attached hydrogen (secondary N) is 1. The predicted octanol–water partition coefficient (Wildman–Crippen LogP) is 6.98. The van der Waals surface area contributed by atoms with E-state index in [4.69, 9.17) is 14.2 Å². The van der Waals surface area contributed by atoms with Crippen molar-refractivity contribution in [3.8, 4) is 28.4 Å². The summed E-state index contributed by atoms with van der Waals surface area (Å²) >= 11 is 0. The Balaban J connectivity index is 1.49. The molecule has 0 aliphatic carbocycles. The van der Waals surface area contributed by atoms with Crippen LogP contribution in [0.1, 0.15) is 29.8 Å². The Morgan fingerprint density at radius 3 is 2.09 bits per heavy atom. The lowest BCUT2D eigenvalue weighted by Crippen LogP contribution is -2.14. The first kappa shape index (κ1) is 23.9. The summed E-state index contributed by atoms with van der Waals surface area (Å²) in [7, 11) is 0. The van der Waals surface area contributed by atoms with Crippen LogP contribution in [0.2, 0.25) is 0 Å². The normalized spacial score (nSPS) is 10.5. The van der Waals surface area contributed by atoms with Gasteiger partial charge in [-0.15, -0.1) is 0 Å². The van der Waals surface area contributed by atoms with Gasteiger partial charge in [-0.2, -0.15) is 0 Å². The van der Waals surface area contributed by atoms with Crippen LogP contribution in [0.25, 0.3) is 11.1 Å². The van der Waals surface area contributed by atoms with Gasteiger partial charge >= 0.3 is 0 Å². The average molecular weight is 468 g/mol. The van der Waals surface area contributed by atoms with Gasteiger partial charge in [0.25, 0.3) is 5.91 Å². The number of carbonyl (C=O) groups is 1. The molecule has 1 N–H and O–H groups in total. The molecule has 0 bridgehead atoms. The average Bonchev–Trinajstić information content (AvgIpc) is 2.90. The zero-order valence-corrected chi connectivity index (χ0v) is 20.0. The first-order valence-corrected chi connectivity index (χ1v) is 11.7. The standard InChI is InChI=1S/C30H29NO4/c1-3-33-28-19-16-24(30(32)31-27-12-8-9-13-29(27)34-4-2)20-25(28)21-35-26-17-14-23(15-18-26)22-10-6-5-7-11-22/h5-20H,3-4,21H2,1-2H3,(H,31,32). The quantitative estimate of drug-likeness (QED) is 0.273. The second kappa shape index (κ2) is 11.7. The maximum absolute atomic E-state index is 13.0. The molecule has 0 aliphatic rings. The smallest absolute Gasteiger partial charge is 0.255 e. The molecular formula is C30H29NO4. The predicted molar refractivity (Wildman–Crippen MR) is 139 cm³/mol. The molecule has 0 spiro atoms. The van der Waals surface area contributed by atoms with Crippen molar-refractivity contribution >= 4 is 11.6 Å². The summed E-state index contributed by atoms with van der Waals surface area (Å²) in [6.07, 6.45) is 0. The van der Waals surface area contributed by atoms with Crippen molar-refractivity contribution in [2.75, 3.05) is 18.5 Å². The van der Waals surface area contributed by atoms with Gasteiger partial charge in [-0.1, -0.05) is 54.6 Å². The van der Waals surface area contributed by atoms with Crippen LogP contribution in [0.5, 0.6) is 17.2 Å². The number of carbonyl (C=O) groups excluding carboxylic acids is 1.